The Morgan fingerprint density at radius 2 is 2.00 bits per heavy atom. The first-order valence-corrected chi connectivity index (χ1v) is 10.7. The summed E-state index contributed by atoms with van der Waals surface area (Å²) in [4.78, 5) is 14.1. The summed E-state index contributed by atoms with van der Waals surface area (Å²) in [7, 11) is 2.08. The number of benzene rings is 1. The lowest BCUT2D eigenvalue weighted by atomic mass is 10.2. The molecule has 162 valence electrons. The minimum absolute atomic E-state index is 0.0725. The molecule has 7 heteroatoms. The second kappa shape index (κ2) is 8.13. The van der Waals surface area contributed by atoms with E-state index in [1.165, 1.54) is 0 Å². The molecule has 1 unspecified atom stereocenters. The quantitative estimate of drug-likeness (QED) is 0.328. The number of nitrogens with zero attached hydrogens (tertiary/aromatic N) is 6. The number of ether oxygens (including phenoxy) is 1. The van der Waals surface area contributed by atoms with Crippen LogP contribution in [0.3, 0.4) is 0 Å². The van der Waals surface area contributed by atoms with Crippen molar-refractivity contribution in [2.75, 3.05) is 0 Å². The van der Waals surface area contributed by atoms with E-state index in [0.717, 1.165) is 46.3 Å². The normalized spacial score (nSPS) is 19.3. The molecule has 2 atom stereocenters. The van der Waals surface area contributed by atoms with Crippen LogP contribution in [-0.2, 0) is 11.8 Å². The highest BCUT2D eigenvalue weighted by atomic mass is 16.5. The van der Waals surface area contributed by atoms with Crippen molar-refractivity contribution in [3.63, 3.8) is 0 Å². The van der Waals surface area contributed by atoms with Crippen molar-refractivity contribution >= 4 is 22.6 Å². The molecular formula is C24H30N6O. The van der Waals surface area contributed by atoms with Gasteiger partial charge in [-0.05, 0) is 52.3 Å². The molecule has 2 aromatic heterocycles. The van der Waals surface area contributed by atoms with Crippen molar-refractivity contribution in [3.05, 3.63) is 60.1 Å². The first-order chi connectivity index (χ1) is 14.7. The molecule has 3 aromatic rings. The van der Waals surface area contributed by atoms with Gasteiger partial charge in [-0.25, -0.2) is 19.6 Å². The average Bonchev–Trinajstić information content (AvgIpc) is 3.31. The standard InChI is InChI=1S/C24H30N6O/c1-14(2)31-18(6)26-22(12-15(3)30-17(5)25-16(4)28-30)19-13-20(19)24-27-21-10-8-9-11-23(21)29(24)7/h8-12,14,19-20H,3,13H2,1-2,4-7H3/b22-12-,26-18?/t19-,20?/m0/s1. The van der Waals surface area contributed by atoms with Gasteiger partial charge in [0.25, 0.3) is 0 Å². The summed E-state index contributed by atoms with van der Waals surface area (Å²) in [6.07, 6.45) is 3.06. The monoisotopic (exact) mass is 418 g/mol. The lowest BCUT2D eigenvalue weighted by molar-refractivity contribution is 0.226. The van der Waals surface area contributed by atoms with Crippen molar-refractivity contribution in [1.29, 1.82) is 0 Å². The molecule has 1 aliphatic carbocycles. The number of rotatable bonds is 6. The van der Waals surface area contributed by atoms with Crippen LogP contribution in [0, 0.1) is 19.8 Å². The molecule has 4 rings (SSSR count). The van der Waals surface area contributed by atoms with E-state index < -0.39 is 0 Å². The number of hydrogen-bond acceptors (Lipinski definition) is 5. The van der Waals surface area contributed by atoms with Crippen molar-refractivity contribution < 1.29 is 4.74 Å². The van der Waals surface area contributed by atoms with Crippen LogP contribution in [0.5, 0.6) is 0 Å². The predicted octanol–water partition coefficient (Wildman–Crippen LogP) is 4.78. The van der Waals surface area contributed by atoms with Crippen molar-refractivity contribution in [2.45, 2.75) is 53.1 Å². The van der Waals surface area contributed by atoms with E-state index in [2.05, 4.69) is 40.4 Å². The summed E-state index contributed by atoms with van der Waals surface area (Å²) in [6.45, 7) is 13.9. The molecule has 0 saturated heterocycles. The number of aromatic nitrogens is 5. The second-order valence-corrected chi connectivity index (χ2v) is 8.44. The van der Waals surface area contributed by atoms with E-state index in [9.17, 15) is 0 Å². The molecule has 7 nitrogen and oxygen atoms in total. The maximum absolute atomic E-state index is 5.81. The van der Waals surface area contributed by atoms with Gasteiger partial charge in [0, 0.05) is 25.8 Å². The van der Waals surface area contributed by atoms with Gasteiger partial charge in [0.2, 0.25) is 0 Å². The van der Waals surface area contributed by atoms with E-state index in [1.54, 1.807) is 4.68 Å². The van der Waals surface area contributed by atoms with Crippen LogP contribution in [0.25, 0.3) is 16.7 Å². The topological polar surface area (TPSA) is 70.1 Å². The third kappa shape index (κ3) is 4.31. The number of aryl methyl sites for hydroxylation is 3. The van der Waals surface area contributed by atoms with Crippen LogP contribution in [-0.4, -0.2) is 36.3 Å². The van der Waals surface area contributed by atoms with Crippen LogP contribution >= 0.6 is 0 Å². The summed E-state index contributed by atoms with van der Waals surface area (Å²) in [5.74, 6) is 3.83. The number of allylic oxidation sites excluding steroid dienone is 3. The van der Waals surface area contributed by atoms with Gasteiger partial charge in [-0.15, -0.1) is 0 Å². The molecule has 2 heterocycles. The maximum Gasteiger partial charge on any atom is 0.185 e. The van der Waals surface area contributed by atoms with Gasteiger partial charge >= 0.3 is 0 Å². The van der Waals surface area contributed by atoms with Crippen LogP contribution in [0.2, 0.25) is 0 Å². The van der Waals surface area contributed by atoms with Crippen molar-refractivity contribution in [1.82, 2.24) is 24.3 Å². The first-order valence-electron chi connectivity index (χ1n) is 10.7. The fourth-order valence-electron chi connectivity index (χ4n) is 4.10. The van der Waals surface area contributed by atoms with E-state index in [1.807, 2.05) is 52.8 Å². The molecule has 0 amide bonds. The first kappa shape index (κ1) is 21.0. The van der Waals surface area contributed by atoms with Crippen LogP contribution in [0.1, 0.15) is 50.6 Å². The molecule has 1 aromatic carbocycles. The lowest BCUT2D eigenvalue weighted by Gasteiger charge is -2.11. The molecule has 31 heavy (non-hydrogen) atoms. The molecule has 0 aliphatic heterocycles. The Morgan fingerprint density at radius 3 is 2.65 bits per heavy atom. The Kier molecular flexibility index (Phi) is 5.52. The summed E-state index contributed by atoms with van der Waals surface area (Å²) in [5.41, 5.74) is 3.85. The molecule has 0 bridgehead atoms. The van der Waals surface area contributed by atoms with Crippen molar-refractivity contribution in [2.24, 2.45) is 18.0 Å². The number of para-hydroxylation sites is 2. The van der Waals surface area contributed by atoms with Gasteiger partial charge in [0.1, 0.15) is 17.5 Å². The Bertz CT molecular complexity index is 1200. The van der Waals surface area contributed by atoms with Gasteiger partial charge in [0.15, 0.2) is 5.90 Å². The molecule has 1 fully saturated rings. The van der Waals surface area contributed by atoms with Gasteiger partial charge in [-0.1, -0.05) is 18.7 Å². The Hall–Kier alpha value is -3.22. The Balaban J connectivity index is 1.67. The highest BCUT2D eigenvalue weighted by Gasteiger charge is 2.44. The summed E-state index contributed by atoms with van der Waals surface area (Å²) in [6, 6.07) is 8.24. The zero-order valence-electron chi connectivity index (χ0n) is 19.1. The van der Waals surface area contributed by atoms with E-state index >= 15 is 0 Å². The lowest BCUT2D eigenvalue weighted by Crippen LogP contribution is -2.09. The van der Waals surface area contributed by atoms with Gasteiger partial charge in [0.05, 0.1) is 28.5 Å². The highest BCUT2D eigenvalue weighted by molar-refractivity contribution is 5.77. The molecule has 0 spiro atoms. The maximum atomic E-state index is 5.81. The van der Waals surface area contributed by atoms with E-state index in [0.29, 0.717) is 11.8 Å². The van der Waals surface area contributed by atoms with Gasteiger partial charge < -0.3 is 9.30 Å². The van der Waals surface area contributed by atoms with Gasteiger partial charge in [-0.3, -0.25) is 0 Å². The molecule has 1 aliphatic rings. The summed E-state index contributed by atoms with van der Waals surface area (Å²) >= 11 is 0. The van der Waals surface area contributed by atoms with Crippen LogP contribution in [0.4, 0.5) is 0 Å². The predicted molar refractivity (Wildman–Crippen MR) is 124 cm³/mol. The average molecular weight is 419 g/mol. The fourth-order valence-corrected chi connectivity index (χ4v) is 4.10. The fraction of sp³-hybridized carbons (Fsp3) is 0.417. The smallest absolute Gasteiger partial charge is 0.185 e. The summed E-state index contributed by atoms with van der Waals surface area (Å²) in [5, 5.41) is 4.46. The molecule has 1 saturated carbocycles. The largest absolute Gasteiger partial charge is 0.478 e. The molecule has 0 radical (unpaired) electrons. The minimum atomic E-state index is 0.0725. The number of aliphatic imine (C=N–C) groups is 1. The van der Waals surface area contributed by atoms with E-state index in [-0.39, 0.29) is 12.0 Å². The molecule has 0 N–H and O–H groups in total. The second-order valence-electron chi connectivity index (χ2n) is 8.44. The zero-order chi connectivity index (χ0) is 22.3. The zero-order valence-corrected chi connectivity index (χ0v) is 19.1. The van der Waals surface area contributed by atoms with Crippen LogP contribution < -0.4 is 0 Å². The third-order valence-electron chi connectivity index (χ3n) is 5.48. The van der Waals surface area contributed by atoms with Crippen molar-refractivity contribution in [3.8, 4) is 0 Å². The SMILES string of the molecule is C=C(/C=C(\N=C(C)OC(C)C)[C@H]1CC1c1nc2ccccc2n1C)n1nc(C)nc1C. The Labute approximate surface area is 183 Å². The number of imidazole rings is 1. The summed E-state index contributed by atoms with van der Waals surface area (Å²) < 4.78 is 9.76. The number of hydrogen-bond donors (Lipinski definition) is 0. The van der Waals surface area contributed by atoms with E-state index in [4.69, 9.17) is 14.7 Å². The highest BCUT2D eigenvalue weighted by Crippen LogP contribution is 2.52. The van der Waals surface area contributed by atoms with Gasteiger partial charge in [-0.2, -0.15) is 5.10 Å². The molecular weight excluding hydrogens is 388 g/mol. The number of fused-ring (bicyclic) bond motifs is 1. The Morgan fingerprint density at radius 1 is 1.26 bits per heavy atom. The third-order valence-corrected chi connectivity index (χ3v) is 5.48. The minimum Gasteiger partial charge on any atom is -0.478 e. The van der Waals surface area contributed by atoms with Crippen LogP contribution in [0.15, 0.2) is 47.6 Å².